The van der Waals surface area contributed by atoms with Gasteiger partial charge in [0.15, 0.2) is 0 Å². The van der Waals surface area contributed by atoms with Crippen LogP contribution < -0.4 is 10.0 Å². The van der Waals surface area contributed by atoms with E-state index in [1.807, 2.05) is 0 Å². The van der Waals surface area contributed by atoms with E-state index in [1.54, 1.807) is 30.3 Å². The van der Waals surface area contributed by atoms with E-state index in [-0.39, 0.29) is 22.4 Å². The highest BCUT2D eigenvalue weighted by Gasteiger charge is 2.15. The lowest BCUT2D eigenvalue weighted by Gasteiger charge is -2.08. The summed E-state index contributed by atoms with van der Waals surface area (Å²) in [7, 11) is -3.83. The van der Waals surface area contributed by atoms with E-state index in [1.165, 1.54) is 0 Å². The van der Waals surface area contributed by atoms with E-state index in [0.717, 1.165) is 18.2 Å². The molecule has 0 bridgehead atoms. The maximum absolute atomic E-state index is 13.1. The Morgan fingerprint density at radius 1 is 1.20 bits per heavy atom. The molecule has 0 saturated carbocycles. The van der Waals surface area contributed by atoms with Gasteiger partial charge >= 0.3 is 0 Å². The first-order valence-electron chi connectivity index (χ1n) is 7.26. The number of sulfonamides is 1. The molecule has 0 aliphatic heterocycles. The van der Waals surface area contributed by atoms with Gasteiger partial charge in [-0.15, -0.1) is 6.58 Å². The first-order chi connectivity index (χ1) is 11.8. The fraction of sp³-hybridized carbons (Fsp3) is 0.118. The maximum atomic E-state index is 13.1. The van der Waals surface area contributed by atoms with Crippen molar-refractivity contribution in [3.63, 3.8) is 0 Å². The molecule has 0 atom stereocenters. The van der Waals surface area contributed by atoms with Crippen molar-refractivity contribution in [2.24, 2.45) is 0 Å². The van der Waals surface area contributed by atoms with Crippen LogP contribution in [0, 0.1) is 5.82 Å². The van der Waals surface area contributed by atoms with Crippen LogP contribution in [0.2, 0.25) is 5.02 Å². The molecule has 0 radical (unpaired) electrons. The Morgan fingerprint density at radius 3 is 2.48 bits per heavy atom. The Labute approximate surface area is 150 Å². The summed E-state index contributed by atoms with van der Waals surface area (Å²) in [4.78, 5) is 11.6. The Kier molecular flexibility index (Phi) is 6.30. The second kappa shape index (κ2) is 8.24. The lowest BCUT2D eigenvalue weighted by Crippen LogP contribution is -2.24. The van der Waals surface area contributed by atoms with Gasteiger partial charge in [-0.2, -0.15) is 0 Å². The van der Waals surface area contributed by atoms with Crippen molar-refractivity contribution in [1.29, 1.82) is 0 Å². The van der Waals surface area contributed by atoms with E-state index in [2.05, 4.69) is 16.6 Å². The van der Waals surface area contributed by atoms with Crippen LogP contribution in [0.25, 0.3) is 0 Å². The van der Waals surface area contributed by atoms with Crippen LogP contribution in [0.5, 0.6) is 0 Å². The molecule has 5 nitrogen and oxygen atoms in total. The molecular formula is C17H16ClFN2O3S. The molecule has 0 unspecified atom stereocenters. The number of benzene rings is 2. The third kappa shape index (κ3) is 5.12. The summed E-state index contributed by atoms with van der Waals surface area (Å²) < 4.78 is 39.9. The zero-order valence-corrected chi connectivity index (χ0v) is 14.7. The zero-order valence-electron chi connectivity index (χ0n) is 13.1. The summed E-state index contributed by atoms with van der Waals surface area (Å²) in [5.74, 6) is -0.932. The molecule has 2 aromatic carbocycles. The van der Waals surface area contributed by atoms with Crippen molar-refractivity contribution >= 4 is 27.5 Å². The van der Waals surface area contributed by atoms with Gasteiger partial charge in [-0.25, -0.2) is 17.5 Å². The molecule has 2 aromatic rings. The molecule has 0 aliphatic rings. The predicted octanol–water partition coefficient (Wildman–Crippen LogP) is 2.87. The van der Waals surface area contributed by atoms with Gasteiger partial charge in [0, 0.05) is 18.7 Å². The minimum Gasteiger partial charge on any atom is -0.349 e. The van der Waals surface area contributed by atoms with Gasteiger partial charge in [-0.3, -0.25) is 4.79 Å². The predicted molar refractivity (Wildman–Crippen MR) is 94.4 cm³/mol. The van der Waals surface area contributed by atoms with Crippen LogP contribution >= 0.6 is 11.6 Å². The fourth-order valence-corrected chi connectivity index (χ4v) is 3.24. The molecule has 0 aliphatic carbocycles. The highest BCUT2D eigenvalue weighted by atomic mass is 35.5. The quantitative estimate of drug-likeness (QED) is 0.723. The van der Waals surface area contributed by atoms with Gasteiger partial charge in [0.2, 0.25) is 10.0 Å². The molecule has 0 spiro atoms. The van der Waals surface area contributed by atoms with Gasteiger partial charge in [-0.1, -0.05) is 29.8 Å². The molecule has 0 aromatic heterocycles. The van der Waals surface area contributed by atoms with E-state index < -0.39 is 15.8 Å². The van der Waals surface area contributed by atoms with Crippen molar-refractivity contribution in [2.75, 3.05) is 6.54 Å². The minimum atomic E-state index is -3.83. The van der Waals surface area contributed by atoms with E-state index >= 15 is 0 Å². The normalized spacial score (nSPS) is 11.1. The summed E-state index contributed by atoms with van der Waals surface area (Å²) in [6.45, 7) is 3.90. The number of carbonyl (C=O) groups excluding carboxylic acids is 1. The molecule has 25 heavy (non-hydrogen) atoms. The zero-order chi connectivity index (χ0) is 18.4. The summed E-state index contributed by atoms with van der Waals surface area (Å²) in [6.07, 6.45) is 1.57. The molecule has 2 N–H and O–H groups in total. The monoisotopic (exact) mass is 382 g/mol. The van der Waals surface area contributed by atoms with Crippen molar-refractivity contribution in [3.05, 3.63) is 77.1 Å². The van der Waals surface area contributed by atoms with Crippen molar-refractivity contribution < 1.29 is 17.6 Å². The number of hydrogen-bond donors (Lipinski definition) is 2. The van der Waals surface area contributed by atoms with Crippen LogP contribution in [-0.4, -0.2) is 20.9 Å². The van der Waals surface area contributed by atoms with E-state index in [9.17, 15) is 17.6 Å². The smallest absolute Gasteiger partial charge is 0.251 e. The number of nitrogens with one attached hydrogen (secondary N) is 2. The first kappa shape index (κ1) is 19.1. The maximum Gasteiger partial charge on any atom is 0.251 e. The second-order valence-electron chi connectivity index (χ2n) is 5.10. The molecule has 132 valence electrons. The van der Waals surface area contributed by atoms with E-state index in [4.69, 9.17) is 11.6 Å². The van der Waals surface area contributed by atoms with E-state index in [0.29, 0.717) is 17.7 Å². The SMILES string of the molecule is C=CCNC(=O)c1ccc(CNS(=O)(=O)c2ccc(F)c(Cl)c2)cc1. The average molecular weight is 383 g/mol. The summed E-state index contributed by atoms with van der Waals surface area (Å²) in [6, 6.07) is 9.65. The standard InChI is InChI=1S/C17H16ClFN2O3S/c1-2-9-20-17(22)13-5-3-12(4-6-13)11-21-25(23,24)14-7-8-16(19)15(18)10-14/h2-8,10,21H,1,9,11H2,(H,20,22). The average Bonchev–Trinajstić information content (AvgIpc) is 2.60. The third-order valence-corrected chi connectivity index (χ3v) is 4.98. The van der Waals surface area contributed by atoms with Crippen LogP contribution in [-0.2, 0) is 16.6 Å². The Hall–Kier alpha value is -2.22. The molecule has 1 amide bonds. The summed E-state index contributed by atoms with van der Waals surface area (Å²) >= 11 is 5.61. The third-order valence-electron chi connectivity index (χ3n) is 3.29. The van der Waals surface area contributed by atoms with Gasteiger partial charge in [-0.05, 0) is 35.9 Å². The molecule has 0 saturated heterocycles. The Morgan fingerprint density at radius 2 is 1.88 bits per heavy atom. The lowest BCUT2D eigenvalue weighted by molar-refractivity contribution is 0.0958. The molecular weight excluding hydrogens is 367 g/mol. The van der Waals surface area contributed by atoms with Crippen LogP contribution in [0.4, 0.5) is 4.39 Å². The second-order valence-corrected chi connectivity index (χ2v) is 7.27. The number of carbonyl (C=O) groups is 1. The largest absolute Gasteiger partial charge is 0.349 e. The molecule has 2 rings (SSSR count). The number of rotatable bonds is 7. The Bertz CT molecular complexity index is 883. The molecule has 8 heteroatoms. The van der Waals surface area contributed by atoms with Crippen LogP contribution in [0.1, 0.15) is 15.9 Å². The van der Waals surface area contributed by atoms with Crippen LogP contribution in [0.15, 0.2) is 60.0 Å². The molecule has 0 heterocycles. The summed E-state index contributed by atoms with van der Waals surface area (Å²) in [5, 5.41) is 2.38. The van der Waals surface area contributed by atoms with Gasteiger partial charge in [0.05, 0.1) is 9.92 Å². The first-order valence-corrected chi connectivity index (χ1v) is 9.12. The van der Waals surface area contributed by atoms with Gasteiger partial charge in [0.25, 0.3) is 5.91 Å². The fourth-order valence-electron chi connectivity index (χ4n) is 1.95. The van der Waals surface area contributed by atoms with Gasteiger partial charge < -0.3 is 5.32 Å². The minimum absolute atomic E-state index is 0.0197. The number of hydrogen-bond acceptors (Lipinski definition) is 3. The van der Waals surface area contributed by atoms with Crippen molar-refractivity contribution in [3.8, 4) is 0 Å². The highest BCUT2D eigenvalue weighted by molar-refractivity contribution is 7.89. The van der Waals surface area contributed by atoms with Gasteiger partial charge in [0.1, 0.15) is 5.82 Å². The highest BCUT2D eigenvalue weighted by Crippen LogP contribution is 2.19. The van der Waals surface area contributed by atoms with Crippen LogP contribution in [0.3, 0.4) is 0 Å². The topological polar surface area (TPSA) is 75.3 Å². The van der Waals surface area contributed by atoms with Crippen molar-refractivity contribution in [2.45, 2.75) is 11.4 Å². The number of halogens is 2. The molecule has 0 fully saturated rings. The lowest BCUT2D eigenvalue weighted by atomic mass is 10.1. The number of amides is 1. The summed E-state index contributed by atoms with van der Waals surface area (Å²) in [5.41, 5.74) is 1.12. The Balaban J connectivity index is 2.03. The van der Waals surface area contributed by atoms with Crippen molar-refractivity contribution in [1.82, 2.24) is 10.0 Å².